The Labute approximate surface area is 134 Å². The number of ether oxygens (including phenoxy) is 2. The summed E-state index contributed by atoms with van der Waals surface area (Å²) in [6, 6.07) is 11.0. The first-order valence-electron chi connectivity index (χ1n) is 6.87. The second-order valence-corrected chi connectivity index (χ2v) is 5.74. The Morgan fingerprint density at radius 2 is 2.04 bits per heavy atom. The number of nitrogens with zero attached hydrogens (tertiary/aromatic N) is 2. The molecule has 0 spiro atoms. The molecule has 0 fully saturated rings. The number of amides is 1. The molecule has 3 heterocycles. The van der Waals surface area contributed by atoms with Crippen LogP contribution in [0.3, 0.4) is 0 Å². The number of rotatable bonds is 3. The van der Waals surface area contributed by atoms with Crippen molar-refractivity contribution in [1.82, 2.24) is 10.3 Å². The van der Waals surface area contributed by atoms with Gasteiger partial charge >= 0.3 is 0 Å². The minimum atomic E-state index is -0.766. The molecule has 0 unspecified atom stereocenters. The summed E-state index contributed by atoms with van der Waals surface area (Å²) in [5.41, 5.74) is 0.491. The monoisotopic (exact) mass is 329 g/mol. The van der Waals surface area contributed by atoms with Crippen LogP contribution in [0.15, 0.2) is 46.4 Å². The van der Waals surface area contributed by atoms with Crippen LogP contribution in [0.4, 0.5) is 5.82 Å². The summed E-state index contributed by atoms with van der Waals surface area (Å²) in [6.45, 7) is 0.127. The molecule has 1 N–H and O–H groups in total. The highest BCUT2D eigenvalue weighted by Crippen LogP contribution is 2.32. The SMILES string of the molecule is O=C(Nc1nonc1-c1cccs1)[C@@H]1COc2ccccc2O1. The molecule has 3 aromatic rings. The van der Waals surface area contributed by atoms with Gasteiger partial charge in [-0.15, -0.1) is 11.3 Å². The van der Waals surface area contributed by atoms with Crippen molar-refractivity contribution < 1.29 is 18.9 Å². The van der Waals surface area contributed by atoms with Crippen molar-refractivity contribution in [1.29, 1.82) is 0 Å². The van der Waals surface area contributed by atoms with Crippen molar-refractivity contribution >= 4 is 23.1 Å². The lowest BCUT2D eigenvalue weighted by Gasteiger charge is -2.25. The van der Waals surface area contributed by atoms with Crippen molar-refractivity contribution in [2.24, 2.45) is 0 Å². The topological polar surface area (TPSA) is 86.5 Å². The van der Waals surface area contributed by atoms with Crippen LogP contribution in [0.1, 0.15) is 0 Å². The number of hydrogen-bond acceptors (Lipinski definition) is 7. The third kappa shape index (κ3) is 2.64. The second-order valence-electron chi connectivity index (χ2n) is 4.79. The fraction of sp³-hybridized carbons (Fsp3) is 0.133. The lowest BCUT2D eigenvalue weighted by atomic mass is 10.2. The van der Waals surface area contributed by atoms with Crippen molar-refractivity contribution in [3.63, 3.8) is 0 Å². The number of fused-ring (bicyclic) bond motifs is 1. The van der Waals surface area contributed by atoms with Crippen molar-refractivity contribution in [3.05, 3.63) is 41.8 Å². The lowest BCUT2D eigenvalue weighted by molar-refractivity contribution is -0.125. The normalized spacial score (nSPS) is 16.1. The summed E-state index contributed by atoms with van der Waals surface area (Å²) in [5, 5.41) is 12.2. The van der Waals surface area contributed by atoms with Crippen LogP contribution in [-0.2, 0) is 4.79 Å². The maximum Gasteiger partial charge on any atom is 0.270 e. The number of benzene rings is 1. The average molecular weight is 329 g/mol. The van der Waals surface area contributed by atoms with Crippen LogP contribution in [0.5, 0.6) is 11.5 Å². The van der Waals surface area contributed by atoms with Crippen LogP contribution in [0.2, 0.25) is 0 Å². The molecule has 1 aromatic carbocycles. The van der Waals surface area contributed by atoms with Crippen LogP contribution in [0, 0.1) is 0 Å². The van der Waals surface area contributed by atoms with E-state index in [4.69, 9.17) is 14.1 Å². The van der Waals surface area contributed by atoms with Gasteiger partial charge in [0.2, 0.25) is 11.9 Å². The fourth-order valence-corrected chi connectivity index (χ4v) is 2.90. The van der Waals surface area contributed by atoms with Crippen LogP contribution in [0.25, 0.3) is 10.6 Å². The van der Waals surface area contributed by atoms with E-state index in [0.717, 1.165) is 4.88 Å². The summed E-state index contributed by atoms with van der Waals surface area (Å²) in [5.74, 6) is 1.06. The molecule has 0 aliphatic carbocycles. The van der Waals surface area contributed by atoms with Gasteiger partial charge in [0.05, 0.1) is 4.88 Å². The second kappa shape index (κ2) is 5.73. The molecule has 7 nitrogen and oxygen atoms in total. The third-order valence-corrected chi connectivity index (χ3v) is 4.16. The summed E-state index contributed by atoms with van der Waals surface area (Å²) in [7, 11) is 0. The van der Waals surface area contributed by atoms with Crippen LogP contribution < -0.4 is 14.8 Å². The lowest BCUT2D eigenvalue weighted by Crippen LogP contribution is -2.40. The number of carbonyl (C=O) groups excluding carboxylic acids is 1. The quantitative estimate of drug-likeness (QED) is 0.795. The molecular formula is C15H11N3O4S. The Hall–Kier alpha value is -2.87. The van der Waals surface area contributed by atoms with Gasteiger partial charge in [-0.3, -0.25) is 4.79 Å². The first-order chi connectivity index (χ1) is 11.3. The predicted octanol–water partition coefficient (Wildman–Crippen LogP) is 2.58. The molecule has 2 aromatic heterocycles. The first kappa shape index (κ1) is 13.8. The smallest absolute Gasteiger partial charge is 0.270 e. The Morgan fingerprint density at radius 1 is 1.17 bits per heavy atom. The van der Waals surface area contributed by atoms with Gasteiger partial charge in [-0.05, 0) is 33.9 Å². The van der Waals surface area contributed by atoms with Crippen molar-refractivity contribution in [2.75, 3.05) is 11.9 Å². The maximum absolute atomic E-state index is 12.4. The van der Waals surface area contributed by atoms with Crippen molar-refractivity contribution in [2.45, 2.75) is 6.10 Å². The van der Waals surface area contributed by atoms with Gasteiger partial charge in [-0.1, -0.05) is 18.2 Å². The average Bonchev–Trinajstić information content (AvgIpc) is 3.25. The van der Waals surface area contributed by atoms with E-state index in [1.54, 1.807) is 12.1 Å². The van der Waals surface area contributed by atoms with Gasteiger partial charge in [0.15, 0.2) is 17.2 Å². The molecule has 0 saturated carbocycles. The molecule has 1 atom stereocenters. The Kier molecular flexibility index (Phi) is 3.43. The number of carbonyl (C=O) groups is 1. The zero-order chi connectivity index (χ0) is 15.6. The fourth-order valence-electron chi connectivity index (χ4n) is 2.19. The maximum atomic E-state index is 12.4. The van der Waals surface area contributed by atoms with E-state index >= 15 is 0 Å². The summed E-state index contributed by atoms with van der Waals surface area (Å²) >= 11 is 1.48. The number of nitrogens with one attached hydrogen (secondary N) is 1. The minimum Gasteiger partial charge on any atom is -0.485 e. The standard InChI is InChI=1S/C15H11N3O4S/c19-15(11-8-20-9-4-1-2-5-10(9)21-11)16-14-13(17-22-18-14)12-6-3-7-23-12/h1-7,11H,8H2,(H,16,18,19)/t11-/m0/s1. The van der Waals surface area contributed by atoms with E-state index in [1.165, 1.54) is 11.3 Å². The summed E-state index contributed by atoms with van der Waals surface area (Å²) < 4.78 is 15.9. The van der Waals surface area contributed by atoms with Gasteiger partial charge in [0.1, 0.15) is 6.61 Å². The third-order valence-electron chi connectivity index (χ3n) is 3.29. The first-order valence-corrected chi connectivity index (χ1v) is 7.75. The van der Waals surface area contributed by atoms with E-state index in [0.29, 0.717) is 17.2 Å². The van der Waals surface area contributed by atoms with Gasteiger partial charge in [-0.2, -0.15) is 0 Å². The number of anilines is 1. The van der Waals surface area contributed by atoms with Crippen molar-refractivity contribution in [3.8, 4) is 22.1 Å². The minimum absolute atomic E-state index is 0.127. The van der Waals surface area contributed by atoms with E-state index < -0.39 is 6.10 Å². The molecule has 0 saturated heterocycles. The molecule has 4 rings (SSSR count). The van der Waals surface area contributed by atoms with Gasteiger partial charge in [-0.25, -0.2) is 4.63 Å². The zero-order valence-electron chi connectivity index (χ0n) is 11.8. The zero-order valence-corrected chi connectivity index (χ0v) is 12.6. The Morgan fingerprint density at radius 3 is 2.87 bits per heavy atom. The molecule has 1 aliphatic rings. The molecule has 0 radical (unpaired) electrons. The summed E-state index contributed by atoms with van der Waals surface area (Å²) in [6.07, 6.45) is -0.766. The number of para-hydroxylation sites is 2. The largest absolute Gasteiger partial charge is 0.485 e. The highest BCUT2D eigenvalue weighted by atomic mass is 32.1. The molecular weight excluding hydrogens is 318 g/mol. The van der Waals surface area contributed by atoms with E-state index in [-0.39, 0.29) is 18.3 Å². The highest BCUT2D eigenvalue weighted by molar-refractivity contribution is 7.13. The van der Waals surface area contributed by atoms with E-state index in [2.05, 4.69) is 15.6 Å². The number of hydrogen-bond donors (Lipinski definition) is 1. The molecule has 1 amide bonds. The predicted molar refractivity (Wildman–Crippen MR) is 82.6 cm³/mol. The van der Waals surface area contributed by atoms with Crippen LogP contribution >= 0.6 is 11.3 Å². The molecule has 23 heavy (non-hydrogen) atoms. The molecule has 1 aliphatic heterocycles. The number of thiophene rings is 1. The van der Waals surface area contributed by atoms with Crippen LogP contribution in [-0.4, -0.2) is 28.9 Å². The Bertz CT molecular complexity index is 831. The molecule has 116 valence electrons. The van der Waals surface area contributed by atoms with Gasteiger partial charge in [0.25, 0.3) is 5.91 Å². The van der Waals surface area contributed by atoms with E-state index in [1.807, 2.05) is 29.6 Å². The van der Waals surface area contributed by atoms with Gasteiger partial charge in [0, 0.05) is 0 Å². The molecule has 8 heteroatoms. The Balaban J connectivity index is 1.51. The summed E-state index contributed by atoms with van der Waals surface area (Å²) in [4.78, 5) is 13.2. The highest BCUT2D eigenvalue weighted by Gasteiger charge is 2.29. The van der Waals surface area contributed by atoms with Gasteiger partial charge < -0.3 is 14.8 Å². The van der Waals surface area contributed by atoms with E-state index in [9.17, 15) is 4.79 Å². The number of aromatic nitrogens is 2. The molecule has 0 bridgehead atoms.